The van der Waals surface area contributed by atoms with Crippen LogP contribution in [0.5, 0.6) is 0 Å². The van der Waals surface area contributed by atoms with Crippen molar-refractivity contribution >= 4 is 19.8 Å². The molecule has 0 aliphatic heterocycles. The van der Waals surface area contributed by atoms with Crippen LogP contribution in [0.25, 0.3) is 0 Å². The molecule has 0 saturated carbocycles. The van der Waals surface area contributed by atoms with E-state index in [4.69, 9.17) is 24.3 Å². The van der Waals surface area contributed by atoms with Gasteiger partial charge < -0.3 is 20.1 Å². The molecule has 0 saturated heterocycles. The summed E-state index contributed by atoms with van der Waals surface area (Å²) in [6.07, 6.45) is 55.5. The largest absolute Gasteiger partial charge is 0.472 e. The van der Waals surface area contributed by atoms with Gasteiger partial charge in [-0.15, -0.1) is 0 Å². The zero-order valence-electron chi connectivity index (χ0n) is 35.3. The lowest BCUT2D eigenvalue weighted by molar-refractivity contribution is -0.161. The van der Waals surface area contributed by atoms with Crippen LogP contribution in [-0.4, -0.2) is 49.3 Å². The Balaban J connectivity index is 4.35. The maximum Gasteiger partial charge on any atom is 0.472 e. The Labute approximate surface area is 346 Å². The van der Waals surface area contributed by atoms with Crippen molar-refractivity contribution in [2.24, 2.45) is 5.73 Å². The van der Waals surface area contributed by atoms with Crippen LogP contribution in [0.15, 0.2) is 109 Å². The van der Waals surface area contributed by atoms with Crippen LogP contribution in [0.3, 0.4) is 0 Å². The van der Waals surface area contributed by atoms with Crippen LogP contribution in [0, 0.1) is 0 Å². The Bertz CT molecular complexity index is 1290. The molecule has 0 rings (SSSR count). The highest BCUT2D eigenvalue weighted by atomic mass is 31.2. The van der Waals surface area contributed by atoms with E-state index >= 15 is 0 Å². The molecule has 0 spiro atoms. The monoisotopic (exact) mass is 814 g/mol. The van der Waals surface area contributed by atoms with Crippen LogP contribution in [0.2, 0.25) is 0 Å². The average molecular weight is 814 g/mol. The summed E-state index contributed by atoms with van der Waals surface area (Å²) in [6, 6.07) is 0. The maximum absolute atomic E-state index is 12.6. The fourth-order valence-corrected chi connectivity index (χ4v) is 5.77. The molecule has 10 heteroatoms. The third-order valence-corrected chi connectivity index (χ3v) is 9.13. The van der Waals surface area contributed by atoms with Gasteiger partial charge in [0.25, 0.3) is 0 Å². The number of rotatable bonds is 38. The van der Waals surface area contributed by atoms with E-state index in [-0.39, 0.29) is 32.6 Å². The third-order valence-electron chi connectivity index (χ3n) is 8.14. The average Bonchev–Trinajstić information content (AvgIpc) is 3.20. The Morgan fingerprint density at radius 1 is 0.544 bits per heavy atom. The molecule has 0 radical (unpaired) electrons. The number of carbonyl (C=O) groups excluding carboxylic acids is 2. The standard InChI is InChI=1S/C47H76NO8P/c1-3-5-7-9-11-13-15-17-19-21-22-24-25-27-29-31-33-35-37-39-46(49)53-43-45(44-55-57(51,52)54-42-41-48)56-47(50)40-38-36-34-32-30-28-26-23-20-18-16-14-12-10-8-6-4-2/h5,7,11-14,17-20,22,24,26-29,32,34,45H,3-4,6,8-10,15-16,21,23,25,30-31,33,35-44,48H2,1-2H3,(H,51,52)/b7-5-,13-11-,14-12-,19-17-,20-18-,24-22-,28-26-,29-27-,34-32-/t45-/m1/s1. The van der Waals surface area contributed by atoms with Crippen LogP contribution >= 0.6 is 7.82 Å². The number of hydrogen-bond acceptors (Lipinski definition) is 8. The molecular weight excluding hydrogens is 737 g/mol. The highest BCUT2D eigenvalue weighted by Gasteiger charge is 2.25. The van der Waals surface area contributed by atoms with E-state index in [0.717, 1.165) is 77.0 Å². The molecule has 0 amide bonds. The Morgan fingerprint density at radius 3 is 1.46 bits per heavy atom. The highest BCUT2D eigenvalue weighted by molar-refractivity contribution is 7.47. The topological polar surface area (TPSA) is 134 Å². The van der Waals surface area contributed by atoms with Crippen molar-refractivity contribution in [1.82, 2.24) is 0 Å². The van der Waals surface area contributed by atoms with Crippen molar-refractivity contribution in [3.63, 3.8) is 0 Å². The Hall–Kier alpha value is -3.33. The van der Waals surface area contributed by atoms with Gasteiger partial charge in [-0.2, -0.15) is 0 Å². The molecule has 0 bridgehead atoms. The second kappa shape index (κ2) is 42.3. The predicted molar refractivity (Wildman–Crippen MR) is 238 cm³/mol. The van der Waals surface area contributed by atoms with Crippen LogP contribution in [0.1, 0.15) is 142 Å². The van der Waals surface area contributed by atoms with Gasteiger partial charge in [-0.3, -0.25) is 18.6 Å². The fraction of sp³-hybridized carbons (Fsp3) is 0.574. The van der Waals surface area contributed by atoms with Crippen molar-refractivity contribution in [3.8, 4) is 0 Å². The van der Waals surface area contributed by atoms with E-state index in [9.17, 15) is 19.0 Å². The van der Waals surface area contributed by atoms with Crippen molar-refractivity contribution in [2.75, 3.05) is 26.4 Å². The number of allylic oxidation sites excluding steroid dienone is 18. The van der Waals surface area contributed by atoms with Crippen molar-refractivity contribution < 1.29 is 37.6 Å². The number of unbranched alkanes of at least 4 members (excludes halogenated alkanes) is 7. The molecule has 0 fully saturated rings. The van der Waals surface area contributed by atoms with Gasteiger partial charge in [-0.1, -0.05) is 142 Å². The number of esters is 2. The normalized spacial score (nSPS) is 14.4. The van der Waals surface area contributed by atoms with Gasteiger partial charge >= 0.3 is 19.8 Å². The lowest BCUT2D eigenvalue weighted by Gasteiger charge is -2.19. The molecule has 0 aromatic rings. The molecule has 0 heterocycles. The van der Waals surface area contributed by atoms with Crippen LogP contribution < -0.4 is 5.73 Å². The Kier molecular flexibility index (Phi) is 39.8. The molecule has 322 valence electrons. The molecule has 0 aromatic heterocycles. The summed E-state index contributed by atoms with van der Waals surface area (Å²) >= 11 is 0. The van der Waals surface area contributed by atoms with E-state index < -0.39 is 32.5 Å². The summed E-state index contributed by atoms with van der Waals surface area (Å²) < 4.78 is 32.7. The minimum atomic E-state index is -4.41. The summed E-state index contributed by atoms with van der Waals surface area (Å²) in [4.78, 5) is 34.8. The predicted octanol–water partition coefficient (Wildman–Crippen LogP) is 12.4. The van der Waals surface area contributed by atoms with Crippen molar-refractivity contribution in [2.45, 2.75) is 148 Å². The number of carbonyl (C=O) groups is 2. The maximum atomic E-state index is 12.6. The van der Waals surface area contributed by atoms with Crippen molar-refractivity contribution in [1.29, 1.82) is 0 Å². The van der Waals surface area contributed by atoms with Gasteiger partial charge in [0.1, 0.15) is 6.61 Å². The van der Waals surface area contributed by atoms with Crippen molar-refractivity contribution in [3.05, 3.63) is 109 Å². The highest BCUT2D eigenvalue weighted by Crippen LogP contribution is 2.43. The molecule has 3 N–H and O–H groups in total. The van der Waals surface area contributed by atoms with Gasteiger partial charge in [-0.25, -0.2) is 4.57 Å². The number of ether oxygens (including phenoxy) is 2. The molecule has 0 aromatic carbocycles. The quantitative estimate of drug-likeness (QED) is 0.0270. The summed E-state index contributed by atoms with van der Waals surface area (Å²) in [6.45, 7) is 3.45. The summed E-state index contributed by atoms with van der Waals surface area (Å²) in [5.41, 5.74) is 5.34. The first kappa shape index (κ1) is 53.7. The smallest absolute Gasteiger partial charge is 0.462 e. The zero-order valence-corrected chi connectivity index (χ0v) is 36.2. The van der Waals surface area contributed by atoms with Crippen LogP contribution in [-0.2, 0) is 32.7 Å². The number of nitrogens with two attached hydrogens (primary N) is 1. The number of phosphoric acid groups is 1. The summed E-state index contributed by atoms with van der Waals surface area (Å²) in [5.74, 6) is -0.945. The van der Waals surface area contributed by atoms with E-state index in [1.54, 1.807) is 0 Å². The number of phosphoric ester groups is 1. The van der Waals surface area contributed by atoms with Gasteiger partial charge in [-0.05, 0) is 96.3 Å². The van der Waals surface area contributed by atoms with E-state index in [1.807, 2.05) is 6.08 Å². The van der Waals surface area contributed by atoms with Crippen LogP contribution in [0.4, 0.5) is 0 Å². The first-order valence-electron chi connectivity index (χ1n) is 21.4. The van der Waals surface area contributed by atoms with E-state index in [0.29, 0.717) is 19.3 Å². The second-order valence-corrected chi connectivity index (χ2v) is 14.9. The molecule has 0 aliphatic carbocycles. The molecule has 9 nitrogen and oxygen atoms in total. The van der Waals surface area contributed by atoms with Gasteiger partial charge in [0, 0.05) is 19.4 Å². The van der Waals surface area contributed by atoms with Gasteiger partial charge in [0.15, 0.2) is 6.10 Å². The minimum Gasteiger partial charge on any atom is -0.462 e. The lowest BCUT2D eigenvalue weighted by atomic mass is 10.1. The van der Waals surface area contributed by atoms with Gasteiger partial charge in [0.05, 0.1) is 13.2 Å². The molecule has 57 heavy (non-hydrogen) atoms. The zero-order chi connectivity index (χ0) is 41.8. The first-order chi connectivity index (χ1) is 27.8. The molecule has 2 atom stereocenters. The number of hydrogen-bond donors (Lipinski definition) is 2. The lowest BCUT2D eigenvalue weighted by Crippen LogP contribution is -2.29. The third kappa shape index (κ3) is 42.1. The Morgan fingerprint density at radius 2 is 0.982 bits per heavy atom. The van der Waals surface area contributed by atoms with E-state index in [2.05, 4.69) is 117 Å². The molecule has 1 unspecified atom stereocenters. The summed E-state index contributed by atoms with van der Waals surface area (Å²) in [7, 11) is -4.41. The first-order valence-corrected chi connectivity index (χ1v) is 22.9. The SMILES string of the molecule is CC/C=C\C/C=C\C/C=C\C/C=C\C/C=C\CCCCCC(=O)OC[C@H](COP(=O)(O)OCCN)OC(=O)CCC/C=C\C/C=C\C/C=C\C/C=C\CCCCC. The van der Waals surface area contributed by atoms with Gasteiger partial charge in [0.2, 0.25) is 0 Å². The fourth-order valence-electron chi connectivity index (χ4n) is 5.00. The summed E-state index contributed by atoms with van der Waals surface area (Å²) in [5, 5.41) is 0. The van der Waals surface area contributed by atoms with E-state index in [1.165, 1.54) is 19.3 Å². The minimum absolute atomic E-state index is 0.0334. The second-order valence-electron chi connectivity index (χ2n) is 13.5. The molecule has 0 aliphatic rings. The molecular formula is C47H76NO8P.